The summed E-state index contributed by atoms with van der Waals surface area (Å²) in [5.41, 5.74) is 2.72. The van der Waals surface area contributed by atoms with Gasteiger partial charge in [-0.1, -0.05) is 11.8 Å². The van der Waals surface area contributed by atoms with Crippen molar-refractivity contribution < 1.29 is 9.90 Å². The Morgan fingerprint density at radius 2 is 2.24 bits per heavy atom. The molecule has 8 heteroatoms. The van der Waals surface area contributed by atoms with Gasteiger partial charge in [0.15, 0.2) is 4.34 Å². The highest BCUT2D eigenvalue weighted by atomic mass is 32.2. The van der Waals surface area contributed by atoms with Crippen LogP contribution in [0.15, 0.2) is 26.5 Å². The first-order valence-corrected chi connectivity index (χ1v) is 9.56. The summed E-state index contributed by atoms with van der Waals surface area (Å²) in [6, 6.07) is 2.06. The van der Waals surface area contributed by atoms with Gasteiger partial charge >= 0.3 is 5.97 Å². The van der Waals surface area contributed by atoms with Crippen molar-refractivity contribution in [3.8, 4) is 10.6 Å². The van der Waals surface area contributed by atoms with Crippen molar-refractivity contribution in [3.05, 3.63) is 38.5 Å². The molecule has 0 bridgehead atoms. The predicted molar refractivity (Wildman–Crippen MR) is 88.8 cm³/mol. The average Bonchev–Trinajstić information content (AvgIpc) is 3.16. The Kier molecular flexibility index (Phi) is 4.39. The zero-order chi connectivity index (χ0) is 14.8. The van der Waals surface area contributed by atoms with Crippen molar-refractivity contribution in [1.82, 2.24) is 9.97 Å². The number of carboxylic acid groups (broad SMARTS) is 1. The molecule has 0 saturated carbocycles. The van der Waals surface area contributed by atoms with Gasteiger partial charge < -0.3 is 5.11 Å². The normalized spacial score (nSPS) is 10.9. The molecule has 0 aliphatic carbocycles. The number of carboxylic acids is 1. The van der Waals surface area contributed by atoms with E-state index in [-0.39, 0.29) is 0 Å². The Bertz CT molecular complexity index is 761. The van der Waals surface area contributed by atoms with Crippen molar-refractivity contribution >= 4 is 51.7 Å². The van der Waals surface area contributed by atoms with Gasteiger partial charge in [0.2, 0.25) is 0 Å². The molecule has 3 heterocycles. The number of aryl methyl sites for hydroxylation is 1. The second-order valence-corrected chi connectivity index (χ2v) is 8.00. The van der Waals surface area contributed by atoms with Gasteiger partial charge in [-0.3, -0.25) is 0 Å². The van der Waals surface area contributed by atoms with Crippen LogP contribution in [0.1, 0.15) is 21.1 Å². The van der Waals surface area contributed by atoms with E-state index >= 15 is 0 Å². The number of aromatic carboxylic acids is 1. The maximum atomic E-state index is 11.0. The van der Waals surface area contributed by atoms with Gasteiger partial charge in [-0.05, 0) is 18.4 Å². The summed E-state index contributed by atoms with van der Waals surface area (Å²) in [5.74, 6) is -0.211. The van der Waals surface area contributed by atoms with E-state index in [2.05, 4.69) is 21.4 Å². The van der Waals surface area contributed by atoms with Crippen molar-refractivity contribution in [1.29, 1.82) is 0 Å². The number of hydrogen-bond acceptors (Lipinski definition) is 7. The molecule has 0 fully saturated rings. The fourth-order valence-electron chi connectivity index (χ4n) is 1.66. The summed E-state index contributed by atoms with van der Waals surface area (Å²) in [5, 5.41) is 16.2. The number of thiazole rings is 2. The third kappa shape index (κ3) is 3.34. The minimum absolute atomic E-state index is 0.315. The fraction of sp³-hybridized carbons (Fsp3) is 0.154. The molecule has 0 spiro atoms. The van der Waals surface area contributed by atoms with Gasteiger partial charge in [0.25, 0.3) is 0 Å². The summed E-state index contributed by atoms with van der Waals surface area (Å²) in [4.78, 5) is 20.2. The first-order valence-electron chi connectivity index (χ1n) is 5.94. The molecule has 0 saturated heterocycles. The molecule has 3 aromatic rings. The van der Waals surface area contributed by atoms with Gasteiger partial charge in [-0.2, -0.15) is 11.3 Å². The standard InChI is InChI=1S/C13H10N2O2S4/c1-7-10(12(16)17)21-13(14-7)20-6-9-5-19-11(15-9)8-2-3-18-4-8/h2-5H,6H2,1H3,(H,16,17). The van der Waals surface area contributed by atoms with Gasteiger partial charge in [0.05, 0.1) is 11.4 Å². The molecule has 0 aromatic carbocycles. The molecule has 4 nitrogen and oxygen atoms in total. The Balaban J connectivity index is 1.68. The van der Waals surface area contributed by atoms with E-state index in [1.54, 1.807) is 29.6 Å². The van der Waals surface area contributed by atoms with E-state index in [9.17, 15) is 4.79 Å². The van der Waals surface area contributed by atoms with Crippen LogP contribution >= 0.6 is 45.8 Å². The highest BCUT2D eigenvalue weighted by Gasteiger charge is 2.14. The number of carbonyl (C=O) groups is 1. The molecule has 0 aliphatic heterocycles. The average molecular weight is 355 g/mol. The molecular formula is C13H10N2O2S4. The van der Waals surface area contributed by atoms with Crippen LogP contribution in [0.3, 0.4) is 0 Å². The van der Waals surface area contributed by atoms with Gasteiger partial charge in [-0.15, -0.1) is 22.7 Å². The van der Waals surface area contributed by atoms with Crippen LogP contribution in [0.25, 0.3) is 10.6 Å². The van der Waals surface area contributed by atoms with E-state index in [1.165, 1.54) is 23.1 Å². The zero-order valence-corrected chi connectivity index (χ0v) is 14.2. The Morgan fingerprint density at radius 1 is 1.38 bits per heavy atom. The monoisotopic (exact) mass is 354 g/mol. The van der Waals surface area contributed by atoms with Gasteiger partial charge in [-0.25, -0.2) is 14.8 Å². The number of thioether (sulfide) groups is 1. The number of aromatic nitrogens is 2. The van der Waals surface area contributed by atoms with E-state index in [4.69, 9.17) is 5.11 Å². The van der Waals surface area contributed by atoms with Crippen LogP contribution in [0.4, 0.5) is 0 Å². The largest absolute Gasteiger partial charge is 0.477 e. The molecule has 0 aliphatic rings. The highest BCUT2D eigenvalue weighted by Crippen LogP contribution is 2.32. The quantitative estimate of drug-likeness (QED) is 0.677. The van der Waals surface area contributed by atoms with Crippen molar-refractivity contribution in [2.45, 2.75) is 17.0 Å². The first-order chi connectivity index (χ1) is 10.1. The number of hydrogen-bond donors (Lipinski definition) is 1. The Morgan fingerprint density at radius 3 is 2.90 bits per heavy atom. The van der Waals surface area contributed by atoms with Crippen LogP contribution in [-0.2, 0) is 5.75 Å². The molecule has 0 radical (unpaired) electrons. The molecule has 3 rings (SSSR count). The van der Waals surface area contributed by atoms with Gasteiger partial charge in [0.1, 0.15) is 9.88 Å². The summed E-state index contributed by atoms with van der Waals surface area (Å²) in [7, 11) is 0. The van der Waals surface area contributed by atoms with E-state index in [0.29, 0.717) is 16.3 Å². The van der Waals surface area contributed by atoms with Gasteiger partial charge in [0, 0.05) is 22.1 Å². The number of nitrogens with zero attached hydrogens (tertiary/aromatic N) is 2. The summed E-state index contributed by atoms with van der Waals surface area (Å²) in [6.45, 7) is 1.72. The third-order valence-corrected chi connectivity index (χ3v) is 6.58. The minimum atomic E-state index is -0.912. The first kappa shape index (κ1) is 14.7. The maximum absolute atomic E-state index is 11.0. The van der Waals surface area contributed by atoms with E-state index < -0.39 is 5.97 Å². The van der Waals surface area contributed by atoms with Crippen molar-refractivity contribution in [2.75, 3.05) is 0 Å². The smallest absolute Gasteiger partial charge is 0.347 e. The zero-order valence-electron chi connectivity index (χ0n) is 10.9. The van der Waals surface area contributed by atoms with E-state index in [1.807, 2.05) is 10.8 Å². The predicted octanol–water partition coefficient (Wildman–Crippen LogP) is 4.63. The molecule has 0 unspecified atom stereocenters. The molecule has 21 heavy (non-hydrogen) atoms. The van der Waals surface area contributed by atoms with Crippen LogP contribution in [0.5, 0.6) is 0 Å². The summed E-state index contributed by atoms with van der Waals surface area (Å²) < 4.78 is 0.773. The second-order valence-electron chi connectivity index (χ2n) is 4.14. The van der Waals surface area contributed by atoms with Crippen LogP contribution < -0.4 is 0 Å². The van der Waals surface area contributed by atoms with Crippen LogP contribution in [-0.4, -0.2) is 21.0 Å². The lowest BCUT2D eigenvalue weighted by molar-refractivity contribution is 0.0701. The minimum Gasteiger partial charge on any atom is -0.477 e. The molecule has 3 aromatic heterocycles. The molecule has 0 atom stereocenters. The lowest BCUT2D eigenvalue weighted by Crippen LogP contribution is -1.94. The molecule has 0 amide bonds. The number of rotatable bonds is 5. The van der Waals surface area contributed by atoms with Crippen LogP contribution in [0, 0.1) is 6.92 Å². The lowest BCUT2D eigenvalue weighted by Gasteiger charge is -1.93. The number of thiophene rings is 1. The molecular weight excluding hydrogens is 344 g/mol. The fourth-order valence-corrected chi connectivity index (χ4v) is 5.22. The third-order valence-electron chi connectivity index (χ3n) is 2.63. The molecule has 1 N–H and O–H groups in total. The van der Waals surface area contributed by atoms with E-state index in [0.717, 1.165) is 20.6 Å². The topological polar surface area (TPSA) is 63.1 Å². The lowest BCUT2D eigenvalue weighted by atomic mass is 10.4. The molecule has 108 valence electrons. The summed E-state index contributed by atoms with van der Waals surface area (Å²) >= 11 is 6.03. The van der Waals surface area contributed by atoms with Crippen molar-refractivity contribution in [2.24, 2.45) is 0 Å². The SMILES string of the molecule is Cc1nc(SCc2csc(-c3ccsc3)n2)sc1C(=O)O. The Labute approximate surface area is 137 Å². The van der Waals surface area contributed by atoms with Crippen molar-refractivity contribution in [3.63, 3.8) is 0 Å². The Hall–Kier alpha value is -1.22. The summed E-state index contributed by atoms with van der Waals surface area (Å²) in [6.07, 6.45) is 0. The second kappa shape index (κ2) is 6.27. The highest BCUT2D eigenvalue weighted by molar-refractivity contribution is 8.00. The van der Waals surface area contributed by atoms with Crippen LogP contribution in [0.2, 0.25) is 0 Å². The maximum Gasteiger partial charge on any atom is 0.347 e.